The van der Waals surface area contributed by atoms with E-state index < -0.39 is 0 Å². The topological polar surface area (TPSA) is 25.2 Å². The predicted octanol–water partition coefficient (Wildman–Crippen LogP) is 6.85. The molecule has 32 heavy (non-hydrogen) atoms. The molecule has 0 spiro atoms. The number of hydrogen-bond donors (Lipinski definition) is 0. The maximum absolute atomic E-state index is 13.4. The maximum Gasteiger partial charge on any atom is 0.254 e. The second-order valence-electron chi connectivity index (χ2n) is 8.49. The molecule has 0 atom stereocenters. The first-order valence-corrected chi connectivity index (χ1v) is 11.9. The third-order valence-electron chi connectivity index (χ3n) is 5.88. The molecule has 0 aliphatic carbocycles. The fourth-order valence-electron chi connectivity index (χ4n) is 3.91. The van der Waals surface area contributed by atoms with Crippen LogP contribution in [0.1, 0.15) is 73.1 Å². The highest BCUT2D eigenvalue weighted by molar-refractivity contribution is 5.94. The summed E-state index contributed by atoms with van der Waals surface area (Å²) < 4.78 is 15.4. The van der Waals surface area contributed by atoms with Crippen LogP contribution in [0.4, 0.5) is 4.39 Å². The first-order chi connectivity index (χ1) is 15.6. The van der Waals surface area contributed by atoms with Crippen LogP contribution in [0.25, 0.3) is 0 Å². The van der Waals surface area contributed by atoms with E-state index in [1.54, 1.807) is 0 Å². The normalized spacial score (nSPS) is 11.0. The second-order valence-corrected chi connectivity index (χ2v) is 8.49. The van der Waals surface area contributed by atoms with Crippen LogP contribution < -0.4 is 0 Å². The van der Waals surface area contributed by atoms with Crippen LogP contribution in [0.5, 0.6) is 0 Å². The minimum absolute atomic E-state index is 0.0812. The molecule has 1 heterocycles. The molecule has 2 aromatic carbocycles. The lowest BCUT2D eigenvalue weighted by molar-refractivity contribution is 0.0736. The molecule has 1 amide bonds. The van der Waals surface area contributed by atoms with Crippen molar-refractivity contribution in [2.45, 2.75) is 65.5 Å². The minimum Gasteiger partial charge on any atom is -0.345 e. The standard InChI is InChI=1S/C28H35FN2O/c1-3-5-7-19-31(28(32)25-15-11-23(12-16-25)9-6-4-2)22-27-10-8-20-30(27)21-24-13-17-26(29)18-14-24/h8,10-18,20H,3-7,9,19,21-22H2,1-2H3. The van der Waals surface area contributed by atoms with Gasteiger partial charge >= 0.3 is 0 Å². The van der Waals surface area contributed by atoms with Gasteiger partial charge in [0.15, 0.2) is 0 Å². The highest BCUT2D eigenvalue weighted by Gasteiger charge is 2.17. The maximum atomic E-state index is 13.4. The van der Waals surface area contributed by atoms with E-state index in [0.29, 0.717) is 13.1 Å². The van der Waals surface area contributed by atoms with E-state index in [2.05, 4.69) is 36.6 Å². The van der Waals surface area contributed by atoms with Crippen molar-refractivity contribution in [1.82, 2.24) is 9.47 Å². The number of unbranched alkanes of at least 4 members (excludes halogenated alkanes) is 3. The Morgan fingerprint density at radius 3 is 2.25 bits per heavy atom. The summed E-state index contributed by atoms with van der Waals surface area (Å²) in [5, 5.41) is 0. The van der Waals surface area contributed by atoms with Crippen molar-refractivity contribution in [2.24, 2.45) is 0 Å². The van der Waals surface area contributed by atoms with E-state index in [1.165, 1.54) is 30.5 Å². The van der Waals surface area contributed by atoms with Gasteiger partial charge in [0.2, 0.25) is 0 Å². The molecule has 0 bridgehead atoms. The summed E-state index contributed by atoms with van der Waals surface area (Å²) in [6.07, 6.45) is 8.64. The van der Waals surface area contributed by atoms with Crippen LogP contribution in [-0.2, 0) is 19.5 Å². The summed E-state index contributed by atoms with van der Waals surface area (Å²) in [6, 6.07) is 18.8. The first kappa shape index (κ1) is 23.8. The smallest absolute Gasteiger partial charge is 0.254 e. The zero-order valence-electron chi connectivity index (χ0n) is 19.4. The van der Waals surface area contributed by atoms with Gasteiger partial charge < -0.3 is 9.47 Å². The van der Waals surface area contributed by atoms with Crippen molar-refractivity contribution in [3.05, 3.63) is 95.1 Å². The Labute approximate surface area is 191 Å². The lowest BCUT2D eigenvalue weighted by atomic mass is 10.1. The Morgan fingerprint density at radius 2 is 1.56 bits per heavy atom. The molecule has 0 fully saturated rings. The molecule has 1 aromatic heterocycles. The van der Waals surface area contributed by atoms with Gasteiger partial charge in [-0.1, -0.05) is 57.4 Å². The van der Waals surface area contributed by atoms with E-state index in [0.717, 1.165) is 49.0 Å². The lowest BCUT2D eigenvalue weighted by Crippen LogP contribution is -2.32. The van der Waals surface area contributed by atoms with Crippen LogP contribution in [-0.4, -0.2) is 21.9 Å². The zero-order valence-corrected chi connectivity index (χ0v) is 19.4. The molecule has 3 rings (SSSR count). The Morgan fingerprint density at radius 1 is 0.875 bits per heavy atom. The summed E-state index contributed by atoms with van der Waals surface area (Å²) in [7, 11) is 0. The van der Waals surface area contributed by atoms with Crippen LogP contribution in [0.15, 0.2) is 66.9 Å². The summed E-state index contributed by atoms with van der Waals surface area (Å²) in [6.45, 7) is 6.33. The number of aryl methyl sites for hydroxylation is 1. The van der Waals surface area contributed by atoms with Crippen molar-refractivity contribution < 1.29 is 9.18 Å². The molecule has 0 saturated heterocycles. The minimum atomic E-state index is -0.227. The Balaban J connectivity index is 1.74. The predicted molar refractivity (Wildman–Crippen MR) is 129 cm³/mol. The van der Waals surface area contributed by atoms with Crippen LogP contribution >= 0.6 is 0 Å². The third-order valence-corrected chi connectivity index (χ3v) is 5.88. The summed E-state index contributed by atoms with van der Waals surface area (Å²) in [5.74, 6) is -0.146. The van der Waals surface area contributed by atoms with Gasteiger partial charge in [0, 0.05) is 30.5 Å². The highest BCUT2D eigenvalue weighted by Crippen LogP contribution is 2.16. The van der Waals surface area contributed by atoms with Crippen molar-refractivity contribution in [1.29, 1.82) is 0 Å². The number of hydrogen-bond acceptors (Lipinski definition) is 1. The molecule has 0 N–H and O–H groups in total. The number of carbonyl (C=O) groups excluding carboxylic acids is 1. The first-order valence-electron chi connectivity index (χ1n) is 11.9. The summed E-state index contributed by atoms with van der Waals surface area (Å²) in [5.41, 5.74) is 4.15. The fourth-order valence-corrected chi connectivity index (χ4v) is 3.91. The molecule has 3 aromatic rings. The number of aromatic nitrogens is 1. The summed E-state index contributed by atoms with van der Waals surface area (Å²) >= 11 is 0. The monoisotopic (exact) mass is 434 g/mol. The number of rotatable bonds is 12. The molecule has 0 saturated carbocycles. The molecular weight excluding hydrogens is 399 g/mol. The van der Waals surface area contributed by atoms with Gasteiger partial charge in [-0.2, -0.15) is 0 Å². The van der Waals surface area contributed by atoms with Gasteiger partial charge in [-0.3, -0.25) is 4.79 Å². The van der Waals surface area contributed by atoms with Gasteiger partial charge in [0.05, 0.1) is 6.54 Å². The van der Waals surface area contributed by atoms with E-state index in [4.69, 9.17) is 0 Å². The number of halogens is 1. The Bertz CT molecular complexity index is 960. The van der Waals surface area contributed by atoms with Crippen LogP contribution in [0.2, 0.25) is 0 Å². The molecule has 170 valence electrons. The molecular formula is C28H35FN2O. The van der Waals surface area contributed by atoms with Crippen molar-refractivity contribution in [3.8, 4) is 0 Å². The molecule has 0 radical (unpaired) electrons. The average molecular weight is 435 g/mol. The highest BCUT2D eigenvalue weighted by atomic mass is 19.1. The van der Waals surface area contributed by atoms with Gasteiger partial charge in [0.25, 0.3) is 5.91 Å². The van der Waals surface area contributed by atoms with Crippen LogP contribution in [0.3, 0.4) is 0 Å². The SMILES string of the molecule is CCCCCN(Cc1cccn1Cc1ccc(F)cc1)C(=O)c1ccc(CCCC)cc1. The van der Waals surface area contributed by atoms with Gasteiger partial charge in [-0.05, 0) is 66.8 Å². The zero-order chi connectivity index (χ0) is 22.8. The molecule has 3 nitrogen and oxygen atoms in total. The average Bonchev–Trinajstić information content (AvgIpc) is 3.25. The number of benzene rings is 2. The molecule has 0 unspecified atom stereocenters. The van der Waals surface area contributed by atoms with Crippen LogP contribution in [0, 0.1) is 5.82 Å². The second kappa shape index (κ2) is 12.2. The Hall–Kier alpha value is -2.88. The molecule has 0 aliphatic heterocycles. The van der Waals surface area contributed by atoms with Crippen molar-refractivity contribution >= 4 is 5.91 Å². The van der Waals surface area contributed by atoms with Crippen molar-refractivity contribution in [2.75, 3.05) is 6.54 Å². The Kier molecular flexibility index (Phi) is 9.09. The summed E-state index contributed by atoms with van der Waals surface area (Å²) in [4.78, 5) is 15.3. The van der Waals surface area contributed by atoms with E-state index in [-0.39, 0.29) is 11.7 Å². The molecule has 0 aliphatic rings. The van der Waals surface area contributed by atoms with Gasteiger partial charge in [-0.15, -0.1) is 0 Å². The molecule has 4 heteroatoms. The quantitative estimate of drug-likeness (QED) is 0.286. The van der Waals surface area contributed by atoms with Gasteiger partial charge in [-0.25, -0.2) is 4.39 Å². The largest absolute Gasteiger partial charge is 0.345 e. The van der Waals surface area contributed by atoms with E-state index in [9.17, 15) is 9.18 Å². The lowest BCUT2D eigenvalue weighted by Gasteiger charge is -2.24. The van der Waals surface area contributed by atoms with E-state index in [1.807, 2.05) is 41.4 Å². The number of carbonyl (C=O) groups is 1. The van der Waals surface area contributed by atoms with Gasteiger partial charge in [0.1, 0.15) is 5.82 Å². The fraction of sp³-hybridized carbons (Fsp3) is 0.393. The number of nitrogens with zero attached hydrogens (tertiary/aromatic N) is 2. The number of amides is 1. The third kappa shape index (κ3) is 6.81. The van der Waals surface area contributed by atoms with E-state index >= 15 is 0 Å². The van der Waals surface area contributed by atoms with Crippen molar-refractivity contribution in [3.63, 3.8) is 0 Å².